The minimum Gasteiger partial charge on any atom is -0.455 e. The van der Waals surface area contributed by atoms with Crippen LogP contribution in [0.4, 0.5) is 21.8 Å². The van der Waals surface area contributed by atoms with Crippen molar-refractivity contribution in [2.45, 2.75) is 0 Å². The Kier molecular flexibility index (Phi) is 6.05. The summed E-state index contributed by atoms with van der Waals surface area (Å²) in [6.45, 7) is 2.08. The van der Waals surface area contributed by atoms with Crippen LogP contribution < -0.4 is 10.3 Å². The average molecular weight is 447 g/mol. The van der Waals surface area contributed by atoms with Crippen LogP contribution in [0.15, 0.2) is 46.0 Å². The Labute approximate surface area is 180 Å². The van der Waals surface area contributed by atoms with Crippen molar-refractivity contribution in [1.29, 1.82) is 0 Å². The Balaban J connectivity index is 1.45. The van der Waals surface area contributed by atoms with Crippen molar-refractivity contribution in [3.63, 3.8) is 0 Å². The number of ether oxygens (including phenoxy) is 1. The third-order valence-electron chi connectivity index (χ3n) is 4.45. The fourth-order valence-electron chi connectivity index (χ4n) is 2.95. The number of furan rings is 1. The molecule has 1 fully saturated rings. The van der Waals surface area contributed by atoms with Crippen molar-refractivity contribution < 1.29 is 18.5 Å². The van der Waals surface area contributed by atoms with Crippen LogP contribution in [0, 0.1) is 15.9 Å². The normalized spacial score (nSPS) is 14.2. The quantitative estimate of drug-likeness (QED) is 0.345. The number of halogens is 2. The van der Waals surface area contributed by atoms with Gasteiger partial charge in [0.05, 0.1) is 30.5 Å². The van der Waals surface area contributed by atoms with E-state index in [0.29, 0.717) is 43.4 Å². The van der Waals surface area contributed by atoms with Crippen LogP contribution in [-0.2, 0) is 4.74 Å². The van der Waals surface area contributed by atoms with Crippen molar-refractivity contribution in [1.82, 2.24) is 9.97 Å². The number of aromatic nitrogens is 2. The highest BCUT2D eigenvalue weighted by atomic mass is 35.5. The van der Waals surface area contributed by atoms with Gasteiger partial charge in [0.2, 0.25) is 5.95 Å². The number of nitrogens with one attached hydrogen (secondary N) is 1. The minimum absolute atomic E-state index is 0.0436. The number of nitrogens with zero attached hydrogens (tertiary/aromatic N) is 5. The summed E-state index contributed by atoms with van der Waals surface area (Å²) in [5.41, 5.74) is 2.93. The minimum atomic E-state index is -0.561. The van der Waals surface area contributed by atoms with Crippen molar-refractivity contribution in [2.75, 3.05) is 36.6 Å². The van der Waals surface area contributed by atoms with Crippen LogP contribution in [0.25, 0.3) is 11.3 Å². The summed E-state index contributed by atoms with van der Waals surface area (Å²) >= 11 is 5.83. The van der Waals surface area contributed by atoms with Crippen molar-refractivity contribution >= 4 is 35.3 Å². The lowest BCUT2D eigenvalue weighted by atomic mass is 10.1. The van der Waals surface area contributed by atoms with E-state index in [9.17, 15) is 14.5 Å². The van der Waals surface area contributed by atoms with Gasteiger partial charge in [-0.25, -0.2) is 14.8 Å². The summed E-state index contributed by atoms with van der Waals surface area (Å²) in [7, 11) is 0. The van der Waals surface area contributed by atoms with Crippen LogP contribution in [0.5, 0.6) is 0 Å². The monoisotopic (exact) mass is 446 g/mol. The molecule has 1 N–H and O–H groups in total. The largest absolute Gasteiger partial charge is 0.455 e. The maximum Gasteiger partial charge on any atom is 0.288 e. The van der Waals surface area contributed by atoms with Gasteiger partial charge in [0.25, 0.3) is 5.69 Å². The standard InChI is InChI=1S/C19H16ClFN6O4/c20-14-3-1-12(9-16(14)27(28)29)17-4-2-13(31-17)10-23-25-19-22-11-15(21)18(24-19)26-5-7-30-8-6-26/h1-4,9-11H,5-8H2,(H,22,24,25)/b23-10+. The number of morpholine rings is 1. The van der Waals surface area contributed by atoms with Gasteiger partial charge in [-0.2, -0.15) is 10.1 Å². The summed E-state index contributed by atoms with van der Waals surface area (Å²) in [4.78, 5) is 20.3. The van der Waals surface area contributed by atoms with E-state index in [2.05, 4.69) is 20.5 Å². The molecule has 31 heavy (non-hydrogen) atoms. The van der Waals surface area contributed by atoms with Crippen LogP contribution in [0.3, 0.4) is 0 Å². The number of hydrogen-bond acceptors (Lipinski definition) is 9. The predicted molar refractivity (Wildman–Crippen MR) is 112 cm³/mol. The molecule has 0 atom stereocenters. The third-order valence-corrected chi connectivity index (χ3v) is 4.77. The van der Waals surface area contributed by atoms with Gasteiger partial charge >= 0.3 is 0 Å². The second kappa shape index (κ2) is 9.06. The van der Waals surface area contributed by atoms with Gasteiger partial charge in [-0.05, 0) is 24.3 Å². The Morgan fingerprint density at radius 3 is 2.87 bits per heavy atom. The molecule has 0 radical (unpaired) electrons. The van der Waals surface area contributed by atoms with Gasteiger partial charge in [0, 0.05) is 24.7 Å². The summed E-state index contributed by atoms with van der Waals surface area (Å²) < 4.78 is 25.0. The fourth-order valence-corrected chi connectivity index (χ4v) is 3.13. The number of benzene rings is 1. The summed E-state index contributed by atoms with van der Waals surface area (Å²) in [5.74, 6) is 0.577. The first-order chi connectivity index (χ1) is 15.0. The molecule has 4 rings (SSSR count). The number of hydrogen-bond donors (Lipinski definition) is 1. The first-order valence-corrected chi connectivity index (χ1v) is 9.57. The van der Waals surface area contributed by atoms with Gasteiger partial charge in [0.15, 0.2) is 11.6 Å². The van der Waals surface area contributed by atoms with Gasteiger partial charge in [-0.15, -0.1) is 0 Å². The smallest absolute Gasteiger partial charge is 0.288 e. The zero-order valence-electron chi connectivity index (χ0n) is 16.0. The number of rotatable bonds is 6. The first kappa shape index (κ1) is 20.7. The highest BCUT2D eigenvalue weighted by Gasteiger charge is 2.18. The molecule has 2 aromatic heterocycles. The van der Waals surface area contributed by atoms with Gasteiger partial charge in [0.1, 0.15) is 16.5 Å². The number of nitro groups is 1. The molecule has 10 nitrogen and oxygen atoms in total. The van der Waals surface area contributed by atoms with Crippen LogP contribution in [0.2, 0.25) is 5.02 Å². The van der Waals surface area contributed by atoms with Crippen molar-refractivity contribution in [3.8, 4) is 11.3 Å². The molecule has 0 aliphatic carbocycles. The topological polar surface area (TPSA) is 119 Å². The number of hydrazone groups is 1. The molecule has 0 spiro atoms. The second-order valence-electron chi connectivity index (χ2n) is 6.46. The molecule has 160 valence electrons. The molecule has 1 saturated heterocycles. The van der Waals surface area contributed by atoms with Crippen LogP contribution in [-0.4, -0.2) is 47.4 Å². The molecular weight excluding hydrogens is 431 g/mol. The van der Waals surface area contributed by atoms with E-state index < -0.39 is 10.7 Å². The van der Waals surface area contributed by atoms with Gasteiger partial charge in [-0.1, -0.05) is 11.6 Å². The first-order valence-electron chi connectivity index (χ1n) is 9.20. The molecule has 3 aromatic rings. The van der Waals surface area contributed by atoms with Crippen LogP contribution in [0.1, 0.15) is 5.76 Å². The average Bonchev–Trinajstić information content (AvgIpc) is 3.24. The molecule has 1 aromatic carbocycles. The Morgan fingerprint density at radius 2 is 2.10 bits per heavy atom. The molecule has 12 heteroatoms. The maximum atomic E-state index is 14.1. The molecule has 1 aliphatic rings. The van der Waals surface area contributed by atoms with Crippen molar-refractivity contribution in [2.24, 2.45) is 5.10 Å². The summed E-state index contributed by atoms with van der Waals surface area (Å²) in [6.07, 6.45) is 2.46. The number of anilines is 2. The van der Waals surface area contributed by atoms with E-state index in [1.807, 2.05) is 0 Å². The zero-order valence-corrected chi connectivity index (χ0v) is 16.8. The molecule has 0 bridgehead atoms. The summed E-state index contributed by atoms with van der Waals surface area (Å²) in [5, 5.41) is 15.1. The van der Waals surface area contributed by atoms with Crippen molar-refractivity contribution in [3.05, 3.63) is 63.2 Å². The van der Waals surface area contributed by atoms with E-state index in [0.717, 1.165) is 6.20 Å². The van der Waals surface area contributed by atoms with Gasteiger partial charge < -0.3 is 14.1 Å². The Morgan fingerprint density at radius 1 is 1.29 bits per heavy atom. The second-order valence-corrected chi connectivity index (χ2v) is 6.87. The highest BCUT2D eigenvalue weighted by molar-refractivity contribution is 6.32. The Bertz CT molecular complexity index is 1130. The maximum absolute atomic E-state index is 14.1. The zero-order chi connectivity index (χ0) is 21.8. The van der Waals surface area contributed by atoms with E-state index in [1.54, 1.807) is 23.1 Å². The molecule has 3 heterocycles. The lowest BCUT2D eigenvalue weighted by molar-refractivity contribution is -0.384. The molecule has 0 unspecified atom stereocenters. The van der Waals surface area contributed by atoms with E-state index in [4.69, 9.17) is 20.8 Å². The lowest BCUT2D eigenvalue weighted by Crippen LogP contribution is -2.37. The fraction of sp³-hybridized carbons (Fsp3) is 0.211. The SMILES string of the molecule is O=[N+]([O-])c1cc(-c2ccc(/C=N/Nc3ncc(F)c(N4CCOCC4)n3)o2)ccc1Cl. The lowest BCUT2D eigenvalue weighted by Gasteiger charge is -2.27. The number of nitro benzene ring substituents is 1. The van der Waals surface area contributed by atoms with E-state index in [1.165, 1.54) is 18.3 Å². The molecule has 0 amide bonds. The van der Waals surface area contributed by atoms with E-state index >= 15 is 0 Å². The molecule has 0 saturated carbocycles. The predicted octanol–water partition coefficient (Wildman–Crippen LogP) is 3.72. The summed E-state index contributed by atoms with van der Waals surface area (Å²) in [6, 6.07) is 7.68. The molecular formula is C19H16ClFN6O4. The van der Waals surface area contributed by atoms with Crippen LogP contribution >= 0.6 is 11.6 Å². The molecule has 1 aliphatic heterocycles. The highest BCUT2D eigenvalue weighted by Crippen LogP contribution is 2.31. The Hall–Kier alpha value is -3.57. The third kappa shape index (κ3) is 4.78. The van der Waals surface area contributed by atoms with Gasteiger partial charge in [-0.3, -0.25) is 10.1 Å². The van der Waals surface area contributed by atoms with E-state index in [-0.39, 0.29) is 22.5 Å².